The van der Waals surface area contributed by atoms with E-state index in [0.29, 0.717) is 11.0 Å². The Kier molecular flexibility index (Phi) is 16.5. The van der Waals surface area contributed by atoms with Crippen LogP contribution in [0.3, 0.4) is 0 Å². The van der Waals surface area contributed by atoms with Gasteiger partial charge < -0.3 is 9.84 Å². The molecule has 0 aromatic carbocycles. The van der Waals surface area contributed by atoms with E-state index in [0.717, 1.165) is 19.3 Å². The molecule has 0 saturated carbocycles. The van der Waals surface area contributed by atoms with E-state index in [2.05, 4.69) is 13.5 Å². The molecule has 2 unspecified atom stereocenters. The van der Waals surface area contributed by atoms with Gasteiger partial charge in [0.1, 0.15) is 6.54 Å². The van der Waals surface area contributed by atoms with E-state index in [1.54, 1.807) is 6.20 Å². The van der Waals surface area contributed by atoms with Gasteiger partial charge in [-0.1, -0.05) is 90.9 Å². The topological polar surface area (TPSA) is 63.6 Å². The van der Waals surface area contributed by atoms with E-state index in [1.165, 1.54) is 64.2 Å². The molecule has 0 rings (SSSR count). The molecular weight excluding hydrogens is 378 g/mol. The van der Waals surface area contributed by atoms with Crippen LogP contribution in [0.1, 0.15) is 104 Å². The molecule has 0 aliphatic carbocycles. The summed E-state index contributed by atoms with van der Waals surface area (Å²) in [5.74, 6) is -1.43. The van der Waals surface area contributed by atoms with Crippen molar-refractivity contribution in [3.63, 3.8) is 0 Å². The first-order valence-electron chi connectivity index (χ1n) is 12.1. The highest BCUT2D eigenvalue weighted by Crippen LogP contribution is 2.17. The number of carbonyl (C=O) groups is 2. The molecule has 0 aromatic heterocycles. The number of nitrogens with zero attached hydrogens (tertiary/aromatic N) is 1. The minimum Gasteiger partial charge on any atom is -0.481 e. The van der Waals surface area contributed by atoms with Gasteiger partial charge in [0, 0.05) is 0 Å². The highest BCUT2D eigenvalue weighted by atomic mass is 16.5. The smallest absolute Gasteiger partial charge is 0.309 e. The Morgan fingerprint density at radius 2 is 1.40 bits per heavy atom. The lowest BCUT2D eigenvalue weighted by molar-refractivity contribution is -0.841. The van der Waals surface area contributed by atoms with Crippen molar-refractivity contribution in [2.24, 2.45) is 5.92 Å². The SMILES string of the molecule is C=C[N+](C)(C)CC(CC(=O)O)OC(=O)C(C)CCCCCCCCCCCCCC. The third-order valence-corrected chi connectivity index (χ3v) is 5.75. The summed E-state index contributed by atoms with van der Waals surface area (Å²) < 4.78 is 5.94. The second kappa shape index (κ2) is 17.3. The highest BCUT2D eigenvalue weighted by Gasteiger charge is 2.27. The predicted octanol–water partition coefficient (Wildman–Crippen LogP) is 6.32. The van der Waals surface area contributed by atoms with Crippen LogP contribution in [0.15, 0.2) is 12.8 Å². The van der Waals surface area contributed by atoms with Gasteiger partial charge in [-0.25, -0.2) is 0 Å². The molecule has 2 atom stereocenters. The number of carboxylic acids is 1. The highest BCUT2D eigenvalue weighted by molar-refractivity contribution is 5.73. The molecule has 0 aliphatic heterocycles. The van der Waals surface area contributed by atoms with Crippen molar-refractivity contribution in [1.82, 2.24) is 0 Å². The third kappa shape index (κ3) is 16.4. The Morgan fingerprint density at radius 3 is 1.83 bits per heavy atom. The Balaban J connectivity index is 3.93. The van der Waals surface area contributed by atoms with Crippen LogP contribution in [0.2, 0.25) is 0 Å². The zero-order chi connectivity index (χ0) is 22.8. The Morgan fingerprint density at radius 1 is 0.933 bits per heavy atom. The molecule has 30 heavy (non-hydrogen) atoms. The van der Waals surface area contributed by atoms with Crippen LogP contribution in [0.4, 0.5) is 0 Å². The third-order valence-electron chi connectivity index (χ3n) is 5.75. The van der Waals surface area contributed by atoms with Crippen LogP contribution in [0.25, 0.3) is 0 Å². The number of esters is 1. The maximum atomic E-state index is 12.4. The van der Waals surface area contributed by atoms with Gasteiger partial charge in [0.05, 0.1) is 32.6 Å². The molecule has 0 saturated heterocycles. The van der Waals surface area contributed by atoms with Crippen LogP contribution in [0.5, 0.6) is 0 Å². The first kappa shape index (κ1) is 28.6. The van der Waals surface area contributed by atoms with Crippen LogP contribution in [-0.2, 0) is 14.3 Å². The largest absolute Gasteiger partial charge is 0.481 e. The van der Waals surface area contributed by atoms with Crippen LogP contribution in [-0.4, -0.2) is 48.3 Å². The van der Waals surface area contributed by atoms with Crippen LogP contribution >= 0.6 is 0 Å². The fourth-order valence-electron chi connectivity index (χ4n) is 3.63. The van der Waals surface area contributed by atoms with Gasteiger partial charge in [-0.15, -0.1) is 0 Å². The molecule has 0 radical (unpaired) electrons. The molecule has 0 aliphatic rings. The summed E-state index contributed by atoms with van der Waals surface area (Å²) >= 11 is 0. The number of ether oxygens (including phenoxy) is 1. The Bertz CT molecular complexity index is 476. The number of quaternary nitrogens is 1. The second-order valence-electron chi connectivity index (χ2n) is 9.38. The Labute approximate surface area is 185 Å². The molecule has 0 aromatic rings. The fraction of sp³-hybridized carbons (Fsp3) is 0.840. The summed E-state index contributed by atoms with van der Waals surface area (Å²) in [5.41, 5.74) is 0. The minimum absolute atomic E-state index is 0.174. The summed E-state index contributed by atoms with van der Waals surface area (Å²) in [6.07, 6.45) is 17.3. The van der Waals surface area contributed by atoms with Crippen molar-refractivity contribution >= 4 is 11.9 Å². The number of likely N-dealkylation sites (N-methyl/N-ethyl adjacent to an activating group) is 1. The zero-order valence-electron chi connectivity index (χ0n) is 20.2. The van der Waals surface area contributed by atoms with Gasteiger partial charge >= 0.3 is 11.9 Å². The average Bonchev–Trinajstić information content (AvgIpc) is 2.67. The molecule has 0 amide bonds. The number of carbonyl (C=O) groups excluding carboxylic acids is 1. The van der Waals surface area contributed by atoms with E-state index in [4.69, 9.17) is 9.84 Å². The van der Waals surface area contributed by atoms with Crippen molar-refractivity contribution in [2.45, 2.75) is 110 Å². The first-order valence-corrected chi connectivity index (χ1v) is 12.1. The van der Waals surface area contributed by atoms with Crippen molar-refractivity contribution in [2.75, 3.05) is 20.6 Å². The quantitative estimate of drug-likeness (QED) is 0.140. The van der Waals surface area contributed by atoms with Gasteiger partial charge in [0.15, 0.2) is 6.10 Å². The van der Waals surface area contributed by atoms with E-state index < -0.39 is 12.1 Å². The number of hydrogen-bond acceptors (Lipinski definition) is 3. The molecule has 176 valence electrons. The van der Waals surface area contributed by atoms with Gasteiger partial charge in [-0.3, -0.25) is 14.1 Å². The normalized spacial score (nSPS) is 13.6. The lowest BCUT2D eigenvalue weighted by Crippen LogP contribution is -2.43. The number of unbranched alkanes of at least 4 members (excludes halogenated alkanes) is 11. The summed E-state index contributed by atoms with van der Waals surface area (Å²) in [6, 6.07) is 0. The summed E-state index contributed by atoms with van der Waals surface area (Å²) in [5, 5.41) is 9.11. The van der Waals surface area contributed by atoms with Crippen LogP contribution in [0, 0.1) is 5.92 Å². The van der Waals surface area contributed by atoms with Crippen molar-refractivity contribution < 1.29 is 23.9 Å². The van der Waals surface area contributed by atoms with E-state index >= 15 is 0 Å². The van der Waals surface area contributed by atoms with Gasteiger partial charge in [-0.2, -0.15) is 0 Å². The maximum Gasteiger partial charge on any atom is 0.309 e. The number of rotatable bonds is 20. The molecule has 5 heteroatoms. The van der Waals surface area contributed by atoms with Gasteiger partial charge in [0.2, 0.25) is 0 Å². The molecule has 0 fully saturated rings. The molecule has 0 bridgehead atoms. The van der Waals surface area contributed by atoms with Gasteiger partial charge in [0.25, 0.3) is 0 Å². The Hall–Kier alpha value is -1.36. The van der Waals surface area contributed by atoms with Crippen molar-refractivity contribution in [3.05, 3.63) is 12.8 Å². The summed E-state index contributed by atoms with van der Waals surface area (Å²) in [4.78, 5) is 23.5. The van der Waals surface area contributed by atoms with Crippen molar-refractivity contribution in [1.29, 1.82) is 0 Å². The average molecular weight is 427 g/mol. The fourth-order valence-corrected chi connectivity index (χ4v) is 3.63. The standard InChI is InChI=1S/C25H47NO4/c1-6-8-9-10-11-12-13-14-15-16-17-18-19-22(3)25(29)30-23(20-24(27)28)21-26(4,5)7-2/h7,22-23H,2,6,8-21H2,1,3-5H3/p+1. The van der Waals surface area contributed by atoms with E-state index in [-0.39, 0.29) is 18.3 Å². The molecule has 1 N–H and O–H groups in total. The van der Waals surface area contributed by atoms with Gasteiger partial charge in [-0.05, 0) is 13.0 Å². The molecule has 0 spiro atoms. The number of hydrogen-bond donors (Lipinski definition) is 1. The van der Waals surface area contributed by atoms with E-state index in [1.807, 2.05) is 21.0 Å². The zero-order valence-corrected chi connectivity index (χ0v) is 20.2. The van der Waals surface area contributed by atoms with Crippen molar-refractivity contribution in [3.8, 4) is 0 Å². The minimum atomic E-state index is -0.953. The summed E-state index contributed by atoms with van der Waals surface area (Å²) in [7, 11) is 3.82. The van der Waals surface area contributed by atoms with Crippen LogP contribution < -0.4 is 0 Å². The molecule has 5 nitrogen and oxygen atoms in total. The number of aliphatic carboxylic acids is 1. The first-order chi connectivity index (χ1) is 14.2. The summed E-state index contributed by atoms with van der Waals surface area (Å²) in [6.45, 7) is 8.30. The second-order valence-corrected chi connectivity index (χ2v) is 9.38. The number of carboxylic acid groups (broad SMARTS) is 1. The molecular formula is C25H48NO4+. The monoisotopic (exact) mass is 426 g/mol. The van der Waals surface area contributed by atoms with E-state index in [9.17, 15) is 9.59 Å². The maximum absolute atomic E-state index is 12.4. The lowest BCUT2D eigenvalue weighted by Gasteiger charge is -2.29. The molecule has 0 heterocycles. The lowest BCUT2D eigenvalue weighted by atomic mass is 10.0. The predicted molar refractivity (Wildman–Crippen MR) is 124 cm³/mol.